The summed E-state index contributed by atoms with van der Waals surface area (Å²) in [5.74, 6) is -0.252. The van der Waals surface area contributed by atoms with Crippen molar-refractivity contribution in [1.82, 2.24) is 14.9 Å². The maximum Gasteiger partial charge on any atom is 0.420 e. The molecule has 2 N–H and O–H groups in total. The van der Waals surface area contributed by atoms with Gasteiger partial charge in [-0.1, -0.05) is 6.92 Å². The fourth-order valence-corrected chi connectivity index (χ4v) is 7.69. The van der Waals surface area contributed by atoms with Gasteiger partial charge in [-0.25, -0.2) is 18.4 Å². The Bertz CT molecular complexity index is 1470. The summed E-state index contributed by atoms with van der Waals surface area (Å²) < 4.78 is 72.4. The van der Waals surface area contributed by atoms with Crippen molar-refractivity contribution in [3.63, 3.8) is 0 Å². The van der Waals surface area contributed by atoms with E-state index in [9.17, 15) is 26.7 Å². The van der Waals surface area contributed by atoms with Crippen molar-refractivity contribution in [2.24, 2.45) is 0 Å². The van der Waals surface area contributed by atoms with E-state index in [4.69, 9.17) is 4.74 Å². The lowest BCUT2D eigenvalue weighted by Gasteiger charge is -2.36. The van der Waals surface area contributed by atoms with Gasteiger partial charge in [0.2, 0.25) is 5.95 Å². The molecule has 0 spiro atoms. The van der Waals surface area contributed by atoms with Gasteiger partial charge in [0.1, 0.15) is 5.56 Å². The fourth-order valence-electron chi connectivity index (χ4n) is 4.86. The zero-order chi connectivity index (χ0) is 28.5. The minimum atomic E-state index is -4.73. The number of hydrogen-bond donors (Lipinski definition) is 2. The lowest BCUT2D eigenvalue weighted by molar-refractivity contribution is -0.137. The van der Waals surface area contributed by atoms with Gasteiger partial charge in [0, 0.05) is 55.2 Å². The van der Waals surface area contributed by atoms with Gasteiger partial charge >= 0.3 is 6.18 Å². The number of rotatable bonds is 7. The number of β-amino-alcohol motifs (C(OH)–C–C–N with tert-alkyl or cyclic N) is 1. The largest absolute Gasteiger partial charge is 0.420 e. The minimum Gasteiger partial charge on any atom is -0.395 e. The maximum absolute atomic E-state index is 13.9. The van der Waals surface area contributed by atoms with Crippen LogP contribution in [0.2, 0.25) is 0 Å². The molecule has 2 aliphatic rings. The van der Waals surface area contributed by atoms with Crippen LogP contribution in [0.25, 0.3) is 10.6 Å². The third-order valence-corrected chi connectivity index (χ3v) is 10.0. The zero-order valence-corrected chi connectivity index (χ0v) is 23.5. The first-order valence-corrected chi connectivity index (χ1v) is 15.4. The van der Waals surface area contributed by atoms with Crippen LogP contribution in [-0.4, -0.2) is 80.1 Å². The second kappa shape index (κ2) is 11.6. The normalized spacial score (nSPS) is 17.9. The number of aliphatic hydroxyl groups is 1. The Hall–Kier alpha value is -2.78. The van der Waals surface area contributed by atoms with Gasteiger partial charge in [0.05, 0.1) is 41.0 Å². The molecular weight excluding hydrogens is 567 g/mol. The van der Waals surface area contributed by atoms with Gasteiger partial charge in [-0.2, -0.15) is 13.2 Å². The molecule has 3 aromatic rings. The van der Waals surface area contributed by atoms with Crippen molar-refractivity contribution in [3.05, 3.63) is 46.5 Å². The summed E-state index contributed by atoms with van der Waals surface area (Å²) in [6.07, 6.45) is -3.34. The summed E-state index contributed by atoms with van der Waals surface area (Å²) in [5.41, 5.74) is 1.25. The summed E-state index contributed by atoms with van der Waals surface area (Å²) in [4.78, 5) is 13.1. The van der Waals surface area contributed by atoms with Gasteiger partial charge < -0.3 is 20.1 Å². The van der Waals surface area contributed by atoms with Crippen molar-refractivity contribution in [3.8, 4) is 10.6 Å². The summed E-state index contributed by atoms with van der Waals surface area (Å²) >= 11 is 0.933. The predicted octanol–water partition coefficient (Wildman–Crippen LogP) is 3.95. The number of piperazine rings is 1. The van der Waals surface area contributed by atoms with Crippen LogP contribution in [0.1, 0.15) is 22.9 Å². The Kier molecular flexibility index (Phi) is 8.34. The third-order valence-electron chi connectivity index (χ3n) is 7.03. The molecule has 216 valence electrons. The average molecular weight is 598 g/mol. The quantitative estimate of drug-likeness (QED) is 0.419. The number of aromatic nitrogens is 2. The van der Waals surface area contributed by atoms with Crippen LogP contribution in [0.5, 0.6) is 0 Å². The van der Waals surface area contributed by atoms with Gasteiger partial charge in [0.15, 0.2) is 9.84 Å². The smallest absolute Gasteiger partial charge is 0.395 e. The molecule has 4 heterocycles. The molecule has 0 amide bonds. The Morgan fingerprint density at radius 3 is 2.65 bits per heavy atom. The summed E-state index contributed by atoms with van der Waals surface area (Å²) in [7, 11) is -3.67. The van der Waals surface area contributed by atoms with E-state index in [0.717, 1.165) is 55.0 Å². The van der Waals surface area contributed by atoms with E-state index in [1.54, 1.807) is 0 Å². The van der Waals surface area contributed by atoms with E-state index >= 15 is 0 Å². The molecule has 0 radical (unpaired) electrons. The standard InChI is InChI=1S/C26H30F3N5O4S2/c1-2-17-13-18(34-7-5-33(6-8-34)9-10-35)3-4-20(17)31-25-30-15-19(26(27,28)29)24(32-25)21-14-23-22(39-21)16-38-11-12-40(23,36)37/h3-4,13-15,35H,2,5-12,16H2,1H3,(H,30,31,32). The van der Waals surface area contributed by atoms with Gasteiger partial charge in [-0.3, -0.25) is 4.90 Å². The highest BCUT2D eigenvalue weighted by atomic mass is 32.2. The maximum atomic E-state index is 13.9. The van der Waals surface area contributed by atoms with E-state index in [1.165, 1.54) is 6.07 Å². The van der Waals surface area contributed by atoms with Crippen LogP contribution in [0.15, 0.2) is 35.4 Å². The molecule has 0 saturated carbocycles. The Morgan fingerprint density at radius 1 is 1.18 bits per heavy atom. The number of nitrogens with one attached hydrogen (secondary N) is 1. The molecule has 0 aliphatic carbocycles. The van der Waals surface area contributed by atoms with Crippen LogP contribution in [0.3, 0.4) is 0 Å². The number of hydrogen-bond acceptors (Lipinski definition) is 10. The molecule has 14 heteroatoms. The zero-order valence-electron chi connectivity index (χ0n) is 21.9. The van der Waals surface area contributed by atoms with Crippen molar-refractivity contribution >= 4 is 38.5 Å². The van der Waals surface area contributed by atoms with Crippen LogP contribution in [-0.2, 0) is 33.8 Å². The van der Waals surface area contributed by atoms with E-state index in [0.29, 0.717) is 23.5 Å². The van der Waals surface area contributed by atoms with E-state index in [1.807, 2.05) is 19.1 Å². The molecule has 5 rings (SSSR count). The van der Waals surface area contributed by atoms with Gasteiger partial charge in [0.25, 0.3) is 0 Å². The predicted molar refractivity (Wildman–Crippen MR) is 147 cm³/mol. The van der Waals surface area contributed by atoms with Crippen LogP contribution < -0.4 is 10.2 Å². The highest BCUT2D eigenvalue weighted by Crippen LogP contribution is 2.42. The number of thiophene rings is 1. The number of halogens is 3. The van der Waals surface area contributed by atoms with Gasteiger partial charge in [-0.15, -0.1) is 11.3 Å². The summed E-state index contributed by atoms with van der Waals surface area (Å²) in [6, 6.07) is 7.13. The molecule has 2 aromatic heterocycles. The number of aliphatic hydroxyl groups excluding tert-OH is 1. The molecular formula is C26H30F3N5O4S2. The molecule has 0 bridgehead atoms. The average Bonchev–Trinajstić information content (AvgIpc) is 3.31. The fraction of sp³-hybridized carbons (Fsp3) is 0.462. The molecule has 40 heavy (non-hydrogen) atoms. The lowest BCUT2D eigenvalue weighted by Crippen LogP contribution is -2.47. The third kappa shape index (κ3) is 6.10. The SMILES string of the molecule is CCc1cc(N2CCN(CCO)CC2)ccc1Nc1ncc(C(F)(F)F)c(-c2cc3c(s2)COCCS3(=O)=O)n1. The summed E-state index contributed by atoms with van der Waals surface area (Å²) in [6.45, 7) is 6.18. The number of aryl methyl sites for hydroxylation is 1. The second-order valence-electron chi connectivity index (χ2n) is 9.60. The number of benzene rings is 1. The number of nitrogens with zero attached hydrogens (tertiary/aromatic N) is 4. The Balaban J connectivity index is 1.44. The lowest BCUT2D eigenvalue weighted by atomic mass is 10.1. The van der Waals surface area contributed by atoms with Crippen molar-refractivity contribution in [2.45, 2.75) is 31.0 Å². The minimum absolute atomic E-state index is 0.00713. The molecule has 1 saturated heterocycles. The van der Waals surface area contributed by atoms with Crippen molar-refractivity contribution in [2.75, 3.05) is 61.9 Å². The molecule has 0 unspecified atom stereocenters. The Labute approximate surface area is 234 Å². The van der Waals surface area contributed by atoms with E-state index < -0.39 is 21.6 Å². The number of fused-ring (bicyclic) bond motifs is 1. The molecule has 1 fully saturated rings. The highest BCUT2D eigenvalue weighted by molar-refractivity contribution is 7.91. The topological polar surface area (TPSA) is 108 Å². The van der Waals surface area contributed by atoms with Crippen LogP contribution in [0, 0.1) is 0 Å². The second-order valence-corrected chi connectivity index (χ2v) is 12.8. The number of alkyl halides is 3. The first-order chi connectivity index (χ1) is 19.1. The van der Waals surface area contributed by atoms with Crippen LogP contribution in [0.4, 0.5) is 30.5 Å². The van der Waals surface area contributed by atoms with E-state index in [2.05, 4.69) is 31.2 Å². The van der Waals surface area contributed by atoms with E-state index in [-0.39, 0.29) is 47.0 Å². The highest BCUT2D eigenvalue weighted by Gasteiger charge is 2.37. The Morgan fingerprint density at radius 2 is 1.95 bits per heavy atom. The number of sulfone groups is 1. The van der Waals surface area contributed by atoms with Crippen molar-refractivity contribution in [1.29, 1.82) is 0 Å². The summed E-state index contributed by atoms with van der Waals surface area (Å²) in [5, 5.41) is 12.2. The van der Waals surface area contributed by atoms with Crippen LogP contribution >= 0.6 is 11.3 Å². The molecule has 9 nitrogen and oxygen atoms in total. The number of anilines is 3. The monoisotopic (exact) mass is 597 g/mol. The number of ether oxygens (including phenoxy) is 1. The van der Waals surface area contributed by atoms with Crippen molar-refractivity contribution < 1.29 is 31.4 Å². The molecule has 1 aromatic carbocycles. The molecule has 2 aliphatic heterocycles. The van der Waals surface area contributed by atoms with Gasteiger partial charge in [-0.05, 0) is 36.2 Å². The first-order valence-electron chi connectivity index (χ1n) is 12.9. The first kappa shape index (κ1) is 28.7. The molecule has 0 atom stereocenters.